The molecule has 4 nitrogen and oxygen atoms in total. The van der Waals surface area contributed by atoms with E-state index in [1.165, 1.54) is 19.1 Å². The maximum atomic E-state index is 12.3. The quantitative estimate of drug-likeness (QED) is 0.849. The molecule has 1 aromatic rings. The van der Waals surface area contributed by atoms with Crippen molar-refractivity contribution in [3.63, 3.8) is 0 Å². The second-order valence-corrected chi connectivity index (χ2v) is 4.72. The van der Waals surface area contributed by atoms with Gasteiger partial charge in [-0.05, 0) is 18.1 Å². The average molecular weight is 303 g/mol. The zero-order valence-electron chi connectivity index (χ0n) is 11.4. The van der Waals surface area contributed by atoms with E-state index in [0.717, 1.165) is 0 Å². The normalized spacial score (nSPS) is 12.8. The van der Waals surface area contributed by atoms with Crippen molar-refractivity contribution >= 4 is 11.9 Å². The van der Waals surface area contributed by atoms with Gasteiger partial charge in [0.05, 0.1) is 5.92 Å². The lowest BCUT2D eigenvalue weighted by atomic mass is 10.0. The van der Waals surface area contributed by atoms with Gasteiger partial charge < -0.3 is 10.4 Å². The molecule has 2 N–H and O–H groups in total. The minimum Gasteiger partial charge on any atom is -0.481 e. The number of aliphatic carboxylic acids is 1. The molecule has 0 saturated carbocycles. The lowest BCUT2D eigenvalue weighted by molar-refractivity contribution is -0.141. The molecule has 116 valence electrons. The molecule has 1 rings (SSSR count). The van der Waals surface area contributed by atoms with Crippen molar-refractivity contribution in [3.05, 3.63) is 35.4 Å². The van der Waals surface area contributed by atoms with Crippen molar-refractivity contribution in [2.75, 3.05) is 6.54 Å². The summed E-state index contributed by atoms with van der Waals surface area (Å²) < 4.78 is 36.8. The molecule has 0 aliphatic carbocycles. The lowest BCUT2D eigenvalue weighted by Crippen LogP contribution is -2.32. The Bertz CT molecular complexity index is 514. The van der Waals surface area contributed by atoms with Gasteiger partial charge in [0.15, 0.2) is 0 Å². The fourth-order valence-corrected chi connectivity index (χ4v) is 1.66. The molecular formula is C14H16F3NO3. The van der Waals surface area contributed by atoms with Gasteiger partial charge in [-0.3, -0.25) is 9.59 Å². The molecular weight excluding hydrogens is 287 g/mol. The van der Waals surface area contributed by atoms with Gasteiger partial charge in [0, 0.05) is 18.5 Å². The molecule has 0 saturated heterocycles. The zero-order chi connectivity index (χ0) is 16.0. The number of amides is 1. The number of benzene rings is 1. The number of carbonyl (C=O) groups is 2. The van der Waals surface area contributed by atoms with E-state index in [1.54, 1.807) is 12.1 Å². The van der Waals surface area contributed by atoms with Crippen LogP contribution in [0.3, 0.4) is 0 Å². The number of nitrogens with one attached hydrogen (secondary N) is 1. The first-order valence-electron chi connectivity index (χ1n) is 6.36. The number of hydrogen-bond donors (Lipinski definition) is 2. The Labute approximate surface area is 120 Å². The van der Waals surface area contributed by atoms with Crippen LogP contribution in [0.1, 0.15) is 29.3 Å². The fraction of sp³-hybridized carbons (Fsp3) is 0.429. The monoisotopic (exact) mass is 303 g/mol. The first-order chi connectivity index (χ1) is 9.70. The van der Waals surface area contributed by atoms with Crippen LogP contribution in [0.5, 0.6) is 0 Å². The number of rotatable bonds is 6. The smallest absolute Gasteiger partial charge is 0.389 e. The van der Waals surface area contributed by atoms with E-state index in [2.05, 4.69) is 5.32 Å². The first-order valence-corrected chi connectivity index (χ1v) is 6.36. The van der Waals surface area contributed by atoms with Gasteiger partial charge in [-0.1, -0.05) is 25.1 Å². The summed E-state index contributed by atoms with van der Waals surface area (Å²) in [6.07, 6.45) is -5.59. The van der Waals surface area contributed by atoms with Crippen molar-refractivity contribution in [2.45, 2.75) is 25.9 Å². The Kier molecular flexibility index (Phi) is 5.75. The third-order valence-corrected chi connectivity index (χ3v) is 2.93. The van der Waals surface area contributed by atoms with E-state index >= 15 is 0 Å². The molecule has 0 aliphatic heterocycles. The fourth-order valence-electron chi connectivity index (χ4n) is 1.66. The predicted molar refractivity (Wildman–Crippen MR) is 70.0 cm³/mol. The minimum absolute atomic E-state index is 0.0816. The summed E-state index contributed by atoms with van der Waals surface area (Å²) >= 11 is 0. The van der Waals surface area contributed by atoms with Crippen LogP contribution in [0.4, 0.5) is 13.2 Å². The highest BCUT2D eigenvalue weighted by molar-refractivity contribution is 5.95. The summed E-state index contributed by atoms with van der Waals surface area (Å²) in [4.78, 5) is 22.6. The number of carboxylic acid groups (broad SMARTS) is 1. The molecule has 0 bridgehead atoms. The molecule has 1 unspecified atom stereocenters. The Hall–Kier alpha value is -2.05. The van der Waals surface area contributed by atoms with Crippen molar-refractivity contribution in [1.82, 2.24) is 5.32 Å². The Balaban J connectivity index is 2.73. The standard InChI is InChI=1S/C14H16F3NO3/c1-9(13(20)21)8-18-12(19)11-5-3-2-4-10(11)6-7-14(15,16)17/h2-5,9H,6-8H2,1H3,(H,18,19)(H,20,21). The molecule has 0 radical (unpaired) electrons. The molecule has 0 heterocycles. The third-order valence-electron chi connectivity index (χ3n) is 2.93. The molecule has 0 fully saturated rings. The number of aryl methyl sites for hydroxylation is 1. The maximum absolute atomic E-state index is 12.3. The molecule has 21 heavy (non-hydrogen) atoms. The molecule has 1 atom stereocenters. The first kappa shape index (κ1) is 17.0. The zero-order valence-corrected chi connectivity index (χ0v) is 11.4. The molecule has 1 amide bonds. The van der Waals surface area contributed by atoms with Gasteiger partial charge in [0.25, 0.3) is 5.91 Å². The largest absolute Gasteiger partial charge is 0.481 e. The highest BCUT2D eigenvalue weighted by Gasteiger charge is 2.27. The van der Waals surface area contributed by atoms with E-state index in [9.17, 15) is 22.8 Å². The number of halogens is 3. The van der Waals surface area contributed by atoms with E-state index in [4.69, 9.17) is 5.11 Å². The van der Waals surface area contributed by atoms with E-state index in [0.29, 0.717) is 0 Å². The summed E-state index contributed by atoms with van der Waals surface area (Å²) in [5, 5.41) is 11.1. The van der Waals surface area contributed by atoms with Crippen LogP contribution in [0.2, 0.25) is 0 Å². The van der Waals surface area contributed by atoms with Gasteiger partial charge in [0.2, 0.25) is 0 Å². The summed E-state index contributed by atoms with van der Waals surface area (Å²) in [6, 6.07) is 5.99. The topological polar surface area (TPSA) is 66.4 Å². The van der Waals surface area contributed by atoms with E-state index in [-0.39, 0.29) is 24.1 Å². The van der Waals surface area contributed by atoms with Gasteiger partial charge in [-0.15, -0.1) is 0 Å². The van der Waals surface area contributed by atoms with Crippen molar-refractivity contribution in [2.24, 2.45) is 5.92 Å². The second kappa shape index (κ2) is 7.10. The summed E-state index contributed by atoms with van der Waals surface area (Å²) in [6.45, 7) is 1.35. The van der Waals surface area contributed by atoms with Crippen LogP contribution >= 0.6 is 0 Å². The summed E-state index contributed by atoms with van der Waals surface area (Å²) in [5.41, 5.74) is 0.426. The van der Waals surface area contributed by atoms with E-state index < -0.39 is 30.4 Å². The van der Waals surface area contributed by atoms with Crippen LogP contribution in [0.25, 0.3) is 0 Å². The van der Waals surface area contributed by atoms with Gasteiger partial charge in [-0.25, -0.2) is 0 Å². The summed E-state index contributed by atoms with van der Waals surface area (Å²) in [7, 11) is 0. The Morgan fingerprint density at radius 3 is 2.48 bits per heavy atom. The van der Waals surface area contributed by atoms with Crippen LogP contribution in [-0.4, -0.2) is 29.7 Å². The number of hydrogen-bond acceptors (Lipinski definition) is 2. The Morgan fingerprint density at radius 2 is 1.90 bits per heavy atom. The van der Waals surface area contributed by atoms with Crippen LogP contribution in [0.15, 0.2) is 24.3 Å². The number of alkyl halides is 3. The van der Waals surface area contributed by atoms with Gasteiger partial charge in [0.1, 0.15) is 0 Å². The van der Waals surface area contributed by atoms with E-state index in [1.807, 2.05) is 0 Å². The van der Waals surface area contributed by atoms with Crippen molar-refractivity contribution < 1.29 is 27.9 Å². The Morgan fingerprint density at radius 1 is 1.29 bits per heavy atom. The van der Waals surface area contributed by atoms with Crippen LogP contribution in [0, 0.1) is 5.92 Å². The molecule has 0 aliphatic rings. The highest BCUT2D eigenvalue weighted by Crippen LogP contribution is 2.23. The second-order valence-electron chi connectivity index (χ2n) is 4.72. The SMILES string of the molecule is CC(CNC(=O)c1ccccc1CCC(F)(F)F)C(=O)O. The molecule has 0 aromatic heterocycles. The number of carbonyl (C=O) groups excluding carboxylic acids is 1. The highest BCUT2D eigenvalue weighted by atomic mass is 19.4. The van der Waals surface area contributed by atoms with Gasteiger partial charge >= 0.3 is 12.1 Å². The molecule has 7 heteroatoms. The third kappa shape index (κ3) is 5.85. The molecule has 0 spiro atoms. The summed E-state index contributed by atoms with van der Waals surface area (Å²) in [5.74, 6) is -2.39. The van der Waals surface area contributed by atoms with Crippen LogP contribution in [-0.2, 0) is 11.2 Å². The van der Waals surface area contributed by atoms with Gasteiger partial charge in [-0.2, -0.15) is 13.2 Å². The molecule has 1 aromatic carbocycles. The minimum atomic E-state index is -4.29. The lowest BCUT2D eigenvalue weighted by Gasteiger charge is -2.12. The maximum Gasteiger partial charge on any atom is 0.389 e. The van der Waals surface area contributed by atoms with Crippen molar-refractivity contribution in [1.29, 1.82) is 0 Å². The van der Waals surface area contributed by atoms with Crippen molar-refractivity contribution in [3.8, 4) is 0 Å². The predicted octanol–water partition coefficient (Wildman–Crippen LogP) is 2.63. The average Bonchev–Trinajstić information content (AvgIpc) is 2.41. The number of carboxylic acids is 1. The van der Waals surface area contributed by atoms with Crippen LogP contribution < -0.4 is 5.32 Å².